The highest BCUT2D eigenvalue weighted by atomic mass is 35.5. The summed E-state index contributed by atoms with van der Waals surface area (Å²) in [6, 6.07) is 0.103. The Morgan fingerprint density at radius 2 is 2.12 bits per heavy atom. The van der Waals surface area contributed by atoms with E-state index in [-0.39, 0.29) is 23.4 Å². The van der Waals surface area contributed by atoms with Crippen molar-refractivity contribution >= 4 is 23.7 Å². The van der Waals surface area contributed by atoms with Crippen molar-refractivity contribution in [3.05, 3.63) is 16.5 Å². The number of aliphatic hydroxyl groups is 1. The average molecular weight is 258 g/mol. The monoisotopic (exact) mass is 257 g/mol. The topological polar surface area (TPSA) is 66.3 Å². The maximum atomic E-state index is 11.0. The Morgan fingerprint density at radius 3 is 2.59 bits per heavy atom. The molecule has 0 unspecified atom stereocenters. The smallest absolute Gasteiger partial charge is 0.156 e. The molecule has 6 heteroatoms. The molecule has 1 heterocycles. The number of carbonyl (C=O) groups excluding carboxylic acids is 1. The number of nitrogens with zero attached hydrogens (tertiary/aromatic N) is 3. The normalized spacial score (nSPS) is 10.7. The zero-order valence-electron chi connectivity index (χ0n) is 10.1. The molecule has 0 amide bonds. The molecule has 0 saturated carbocycles. The van der Waals surface area contributed by atoms with Crippen LogP contribution >= 0.6 is 11.6 Å². The fourth-order valence-electron chi connectivity index (χ4n) is 1.57. The number of aliphatic hydroxyl groups excluding tert-OH is 1. The van der Waals surface area contributed by atoms with Gasteiger partial charge in [0.1, 0.15) is 16.8 Å². The molecule has 0 aliphatic carbocycles. The molecule has 0 aliphatic rings. The van der Waals surface area contributed by atoms with Gasteiger partial charge < -0.3 is 10.0 Å². The number of halogens is 1. The van der Waals surface area contributed by atoms with E-state index < -0.39 is 0 Å². The second-order valence-corrected chi connectivity index (χ2v) is 4.29. The predicted octanol–water partition coefficient (Wildman–Crippen LogP) is 1.46. The summed E-state index contributed by atoms with van der Waals surface area (Å²) >= 11 is 5.91. The van der Waals surface area contributed by atoms with Crippen molar-refractivity contribution in [1.29, 1.82) is 0 Å². The van der Waals surface area contributed by atoms with Gasteiger partial charge in [-0.1, -0.05) is 11.6 Å². The van der Waals surface area contributed by atoms with Gasteiger partial charge in [0.2, 0.25) is 0 Å². The van der Waals surface area contributed by atoms with Crippen LogP contribution in [0.2, 0.25) is 5.15 Å². The first-order valence-electron chi connectivity index (χ1n) is 5.38. The third-order valence-corrected chi connectivity index (χ3v) is 2.63. The molecule has 0 spiro atoms. The van der Waals surface area contributed by atoms with E-state index >= 15 is 0 Å². The predicted molar refractivity (Wildman–Crippen MR) is 66.7 cm³/mol. The van der Waals surface area contributed by atoms with Crippen LogP contribution < -0.4 is 4.90 Å². The summed E-state index contributed by atoms with van der Waals surface area (Å²) in [6.45, 7) is 6.00. The Balaban J connectivity index is 3.30. The Kier molecular flexibility index (Phi) is 4.84. The van der Waals surface area contributed by atoms with Crippen LogP contribution in [0, 0.1) is 6.92 Å². The number of aromatic nitrogens is 2. The van der Waals surface area contributed by atoms with Gasteiger partial charge in [-0.3, -0.25) is 4.79 Å². The molecule has 0 fully saturated rings. The molecule has 1 aromatic heterocycles. The van der Waals surface area contributed by atoms with E-state index in [0.29, 0.717) is 24.5 Å². The van der Waals surface area contributed by atoms with Crippen LogP contribution in [0.25, 0.3) is 0 Å². The van der Waals surface area contributed by atoms with E-state index in [4.69, 9.17) is 16.7 Å². The fourth-order valence-corrected chi connectivity index (χ4v) is 1.82. The fraction of sp³-hybridized carbons (Fsp3) is 0.545. The van der Waals surface area contributed by atoms with Crippen molar-refractivity contribution in [1.82, 2.24) is 9.97 Å². The number of aldehydes is 1. The Bertz CT molecular complexity index is 410. The van der Waals surface area contributed by atoms with Crippen LogP contribution in [0.15, 0.2) is 0 Å². The summed E-state index contributed by atoms with van der Waals surface area (Å²) in [6.07, 6.45) is 0.643. The number of aryl methyl sites for hydroxylation is 1. The number of hydrogen-bond donors (Lipinski definition) is 1. The summed E-state index contributed by atoms with van der Waals surface area (Å²) in [5.74, 6) is 0.973. The molecular weight excluding hydrogens is 242 g/mol. The summed E-state index contributed by atoms with van der Waals surface area (Å²) in [7, 11) is 0. The van der Waals surface area contributed by atoms with Gasteiger partial charge in [-0.2, -0.15) is 0 Å². The number of rotatable bonds is 5. The first-order valence-corrected chi connectivity index (χ1v) is 5.75. The molecule has 0 saturated heterocycles. The zero-order valence-corrected chi connectivity index (χ0v) is 10.9. The highest BCUT2D eigenvalue weighted by Crippen LogP contribution is 2.24. The first-order chi connectivity index (χ1) is 8.01. The molecule has 0 aromatic carbocycles. The molecule has 0 atom stereocenters. The quantitative estimate of drug-likeness (QED) is 0.639. The lowest BCUT2D eigenvalue weighted by Gasteiger charge is -2.28. The van der Waals surface area contributed by atoms with E-state index in [1.54, 1.807) is 6.92 Å². The third-order valence-electron chi connectivity index (χ3n) is 2.34. The van der Waals surface area contributed by atoms with Crippen molar-refractivity contribution in [2.24, 2.45) is 0 Å². The standard InChI is InChI=1S/C11H16ClN3O2/c1-7(2)15(4-5-16)11-9(6-17)10(12)13-8(3)14-11/h6-7,16H,4-5H2,1-3H3. The highest BCUT2D eigenvalue weighted by molar-refractivity contribution is 6.32. The van der Waals surface area contributed by atoms with Crippen molar-refractivity contribution in [2.45, 2.75) is 26.8 Å². The number of anilines is 1. The Morgan fingerprint density at radius 1 is 1.47 bits per heavy atom. The van der Waals surface area contributed by atoms with Crippen molar-refractivity contribution in [3.8, 4) is 0 Å². The minimum absolute atomic E-state index is 0.0167. The summed E-state index contributed by atoms with van der Waals surface area (Å²) in [4.78, 5) is 21.0. The van der Waals surface area contributed by atoms with Crippen LogP contribution in [0.1, 0.15) is 30.0 Å². The lowest BCUT2D eigenvalue weighted by Crippen LogP contribution is -2.35. The Hall–Kier alpha value is -1.20. The van der Waals surface area contributed by atoms with Gasteiger partial charge in [-0.05, 0) is 20.8 Å². The van der Waals surface area contributed by atoms with Gasteiger partial charge in [0.15, 0.2) is 6.29 Å². The molecular formula is C11H16ClN3O2. The lowest BCUT2D eigenvalue weighted by atomic mass is 10.2. The van der Waals surface area contributed by atoms with Gasteiger partial charge in [-0.25, -0.2) is 9.97 Å². The van der Waals surface area contributed by atoms with Crippen LogP contribution in [0.3, 0.4) is 0 Å². The van der Waals surface area contributed by atoms with E-state index in [2.05, 4.69) is 9.97 Å². The maximum Gasteiger partial charge on any atom is 0.156 e. The first kappa shape index (κ1) is 13.9. The van der Waals surface area contributed by atoms with Gasteiger partial charge in [-0.15, -0.1) is 0 Å². The molecule has 5 nitrogen and oxygen atoms in total. The van der Waals surface area contributed by atoms with Crippen molar-refractivity contribution in [2.75, 3.05) is 18.1 Å². The second-order valence-electron chi connectivity index (χ2n) is 3.93. The SMILES string of the molecule is Cc1nc(Cl)c(C=O)c(N(CCO)C(C)C)n1. The van der Waals surface area contributed by atoms with Crippen molar-refractivity contribution in [3.63, 3.8) is 0 Å². The van der Waals surface area contributed by atoms with E-state index in [1.165, 1.54) is 0 Å². The van der Waals surface area contributed by atoms with Gasteiger partial charge in [0.05, 0.1) is 12.2 Å². The van der Waals surface area contributed by atoms with Crippen LogP contribution in [-0.2, 0) is 0 Å². The maximum absolute atomic E-state index is 11.0. The summed E-state index contributed by atoms with van der Waals surface area (Å²) in [5, 5.41) is 9.19. The van der Waals surface area contributed by atoms with E-state index in [9.17, 15) is 4.79 Å². The minimum atomic E-state index is -0.0167. The van der Waals surface area contributed by atoms with Gasteiger partial charge in [0, 0.05) is 12.6 Å². The molecule has 1 rings (SSSR count). The molecule has 17 heavy (non-hydrogen) atoms. The number of carbonyl (C=O) groups is 1. The molecule has 1 N–H and O–H groups in total. The lowest BCUT2D eigenvalue weighted by molar-refractivity contribution is 0.112. The molecule has 0 bridgehead atoms. The van der Waals surface area contributed by atoms with E-state index in [0.717, 1.165) is 0 Å². The minimum Gasteiger partial charge on any atom is -0.395 e. The summed E-state index contributed by atoms with van der Waals surface area (Å²) in [5.41, 5.74) is 0.263. The average Bonchev–Trinajstić information content (AvgIpc) is 2.24. The van der Waals surface area contributed by atoms with Gasteiger partial charge in [0.25, 0.3) is 0 Å². The third kappa shape index (κ3) is 3.14. The largest absolute Gasteiger partial charge is 0.395 e. The highest BCUT2D eigenvalue weighted by Gasteiger charge is 2.19. The summed E-state index contributed by atoms with van der Waals surface area (Å²) < 4.78 is 0. The second kappa shape index (κ2) is 5.93. The van der Waals surface area contributed by atoms with Crippen molar-refractivity contribution < 1.29 is 9.90 Å². The molecule has 0 aliphatic heterocycles. The molecule has 94 valence electrons. The zero-order chi connectivity index (χ0) is 13.0. The van der Waals surface area contributed by atoms with E-state index in [1.807, 2.05) is 18.7 Å². The van der Waals surface area contributed by atoms with Gasteiger partial charge >= 0.3 is 0 Å². The van der Waals surface area contributed by atoms with Crippen LogP contribution in [0.5, 0.6) is 0 Å². The van der Waals surface area contributed by atoms with Crippen LogP contribution in [-0.4, -0.2) is 40.6 Å². The molecule has 0 radical (unpaired) electrons. The van der Waals surface area contributed by atoms with Crippen LogP contribution in [0.4, 0.5) is 5.82 Å². The molecule has 1 aromatic rings. The Labute approximate surface area is 105 Å². The number of hydrogen-bond acceptors (Lipinski definition) is 5.